The largest absolute Gasteiger partial charge is 0.382 e. The van der Waals surface area contributed by atoms with Gasteiger partial charge in [0.2, 0.25) is 5.92 Å². The highest BCUT2D eigenvalue weighted by molar-refractivity contribution is 5.95. The van der Waals surface area contributed by atoms with Crippen molar-refractivity contribution in [3.8, 4) is 0 Å². The maximum atomic E-state index is 12.7. The van der Waals surface area contributed by atoms with Crippen LogP contribution in [0.2, 0.25) is 0 Å². The number of amides is 1. The smallest absolute Gasteiger partial charge is 0.254 e. The van der Waals surface area contributed by atoms with E-state index in [1.807, 2.05) is 6.92 Å². The Balaban J connectivity index is 1.90. The van der Waals surface area contributed by atoms with Crippen LogP contribution >= 0.6 is 0 Å². The molecule has 1 aliphatic rings. The summed E-state index contributed by atoms with van der Waals surface area (Å²) in [6, 6.07) is 0.0283. The molecule has 1 aromatic heterocycles. The lowest BCUT2D eigenvalue weighted by Crippen LogP contribution is -2.42. The van der Waals surface area contributed by atoms with Crippen molar-refractivity contribution in [2.24, 2.45) is 5.92 Å². The van der Waals surface area contributed by atoms with Crippen molar-refractivity contribution in [2.75, 3.05) is 20.3 Å². The summed E-state index contributed by atoms with van der Waals surface area (Å²) in [5.41, 5.74) is 1.10. The molecule has 0 spiro atoms. The maximum absolute atomic E-state index is 12.7. The molecule has 118 valence electrons. The summed E-state index contributed by atoms with van der Waals surface area (Å²) >= 11 is 0. The Morgan fingerprint density at radius 1 is 1.62 bits per heavy atom. The highest BCUT2D eigenvalue weighted by atomic mass is 19.3. The fraction of sp³-hybridized carbons (Fsp3) is 0.714. The van der Waals surface area contributed by atoms with Crippen molar-refractivity contribution in [3.05, 3.63) is 17.5 Å². The first kappa shape index (κ1) is 15.9. The zero-order chi connectivity index (χ0) is 15.6. The van der Waals surface area contributed by atoms with Crippen LogP contribution in [0.5, 0.6) is 0 Å². The molecule has 0 saturated heterocycles. The summed E-state index contributed by atoms with van der Waals surface area (Å²) in [6.45, 7) is 4.47. The fourth-order valence-corrected chi connectivity index (χ4v) is 2.51. The Hall–Kier alpha value is -1.50. The third-order valence-electron chi connectivity index (χ3n) is 3.75. The van der Waals surface area contributed by atoms with E-state index in [0.29, 0.717) is 17.9 Å². The molecule has 1 N–H and O–H groups in total. The van der Waals surface area contributed by atoms with E-state index in [0.717, 1.165) is 0 Å². The average molecular weight is 301 g/mol. The lowest BCUT2D eigenvalue weighted by molar-refractivity contribution is -0.108. The SMILES string of the molecule is COCC(C)n1cc(C(=O)NCC2CC(F)(F)C2)c(C)n1. The van der Waals surface area contributed by atoms with Gasteiger partial charge in [-0.05, 0) is 19.8 Å². The van der Waals surface area contributed by atoms with E-state index >= 15 is 0 Å². The van der Waals surface area contributed by atoms with Crippen LogP contribution in [-0.2, 0) is 4.74 Å². The highest BCUT2D eigenvalue weighted by Gasteiger charge is 2.45. The number of nitrogens with one attached hydrogen (secondary N) is 1. The standard InChI is InChI=1S/C14H21F2N3O2/c1-9(8-21-3)19-7-12(10(2)18-19)13(20)17-6-11-4-14(15,16)5-11/h7,9,11H,4-6,8H2,1-3H3,(H,17,20). The van der Waals surface area contributed by atoms with Gasteiger partial charge in [-0.15, -0.1) is 0 Å². The van der Waals surface area contributed by atoms with Crippen molar-refractivity contribution in [1.29, 1.82) is 0 Å². The molecule has 21 heavy (non-hydrogen) atoms. The number of aromatic nitrogens is 2. The molecule has 1 heterocycles. The minimum atomic E-state index is -2.55. The summed E-state index contributed by atoms with van der Waals surface area (Å²) in [5.74, 6) is -2.95. The molecule has 1 amide bonds. The van der Waals surface area contributed by atoms with Gasteiger partial charge in [-0.1, -0.05) is 0 Å². The second kappa shape index (κ2) is 6.09. The number of carbonyl (C=O) groups excluding carboxylic acids is 1. The normalized spacial score (nSPS) is 19.1. The Morgan fingerprint density at radius 2 is 2.29 bits per heavy atom. The molecule has 1 aromatic rings. The van der Waals surface area contributed by atoms with E-state index in [4.69, 9.17) is 4.74 Å². The van der Waals surface area contributed by atoms with Gasteiger partial charge in [0.1, 0.15) is 0 Å². The molecule has 2 rings (SSSR count). The molecule has 0 bridgehead atoms. The number of hydrogen-bond donors (Lipinski definition) is 1. The van der Waals surface area contributed by atoms with Gasteiger partial charge in [-0.25, -0.2) is 8.78 Å². The zero-order valence-corrected chi connectivity index (χ0v) is 12.5. The number of rotatable bonds is 6. The minimum Gasteiger partial charge on any atom is -0.382 e. The summed E-state index contributed by atoms with van der Waals surface area (Å²) in [6.07, 6.45) is 1.39. The van der Waals surface area contributed by atoms with E-state index in [2.05, 4.69) is 10.4 Å². The van der Waals surface area contributed by atoms with Gasteiger partial charge in [-0.3, -0.25) is 9.48 Å². The van der Waals surface area contributed by atoms with Crippen LogP contribution in [0, 0.1) is 12.8 Å². The van der Waals surface area contributed by atoms with Gasteiger partial charge in [-0.2, -0.15) is 5.10 Å². The predicted octanol–water partition coefficient (Wildman–Crippen LogP) is 2.17. The Bertz CT molecular complexity index is 508. The van der Waals surface area contributed by atoms with Crippen molar-refractivity contribution in [1.82, 2.24) is 15.1 Å². The number of carbonyl (C=O) groups is 1. The number of nitrogens with zero attached hydrogens (tertiary/aromatic N) is 2. The molecule has 0 aromatic carbocycles. The van der Waals surface area contributed by atoms with Crippen LogP contribution in [0.1, 0.15) is 41.9 Å². The molecular formula is C14H21F2N3O2. The number of halogens is 2. The maximum Gasteiger partial charge on any atom is 0.254 e. The van der Waals surface area contributed by atoms with Crippen LogP contribution in [0.3, 0.4) is 0 Å². The van der Waals surface area contributed by atoms with Gasteiger partial charge < -0.3 is 10.1 Å². The Labute approximate surface area is 122 Å². The molecule has 5 nitrogen and oxygen atoms in total. The number of alkyl halides is 2. The van der Waals surface area contributed by atoms with Crippen molar-refractivity contribution >= 4 is 5.91 Å². The molecule has 7 heteroatoms. The Kier molecular flexibility index (Phi) is 4.61. The first-order valence-corrected chi connectivity index (χ1v) is 7.03. The summed E-state index contributed by atoms with van der Waals surface area (Å²) < 4.78 is 32.2. The monoisotopic (exact) mass is 301 g/mol. The van der Waals surface area contributed by atoms with Gasteiger partial charge in [0.05, 0.1) is 23.9 Å². The van der Waals surface area contributed by atoms with Crippen molar-refractivity contribution in [2.45, 2.75) is 38.7 Å². The van der Waals surface area contributed by atoms with E-state index in [1.54, 1.807) is 24.9 Å². The lowest BCUT2D eigenvalue weighted by Gasteiger charge is -2.34. The molecule has 1 aliphatic carbocycles. The molecule has 1 unspecified atom stereocenters. The molecule has 0 aliphatic heterocycles. The zero-order valence-electron chi connectivity index (χ0n) is 12.5. The van der Waals surface area contributed by atoms with E-state index in [-0.39, 0.29) is 37.3 Å². The number of hydrogen-bond acceptors (Lipinski definition) is 3. The number of methoxy groups -OCH3 is 1. The van der Waals surface area contributed by atoms with E-state index in [9.17, 15) is 13.6 Å². The van der Waals surface area contributed by atoms with Crippen LogP contribution in [0.4, 0.5) is 8.78 Å². The quantitative estimate of drug-likeness (QED) is 0.876. The first-order valence-electron chi connectivity index (χ1n) is 7.03. The van der Waals surface area contributed by atoms with Crippen molar-refractivity contribution < 1.29 is 18.3 Å². The molecule has 1 atom stereocenters. The number of ether oxygens (including phenoxy) is 1. The van der Waals surface area contributed by atoms with E-state index < -0.39 is 5.92 Å². The van der Waals surface area contributed by atoms with Crippen molar-refractivity contribution in [3.63, 3.8) is 0 Å². The first-order chi connectivity index (χ1) is 9.82. The number of aryl methyl sites for hydroxylation is 1. The molecule has 1 fully saturated rings. The van der Waals surface area contributed by atoms with Gasteiger partial charge >= 0.3 is 0 Å². The van der Waals surface area contributed by atoms with E-state index in [1.165, 1.54) is 0 Å². The summed E-state index contributed by atoms with van der Waals surface area (Å²) in [7, 11) is 1.61. The highest BCUT2D eigenvalue weighted by Crippen LogP contribution is 2.41. The van der Waals surface area contributed by atoms with Gasteiger partial charge in [0, 0.05) is 32.7 Å². The minimum absolute atomic E-state index is 0.0283. The van der Waals surface area contributed by atoms with Crippen LogP contribution in [0.15, 0.2) is 6.20 Å². The van der Waals surface area contributed by atoms with Gasteiger partial charge in [0.15, 0.2) is 0 Å². The van der Waals surface area contributed by atoms with Crippen LogP contribution in [-0.4, -0.2) is 41.9 Å². The third-order valence-corrected chi connectivity index (χ3v) is 3.75. The second-order valence-electron chi connectivity index (χ2n) is 5.75. The summed E-state index contributed by atoms with van der Waals surface area (Å²) in [5, 5.41) is 7.00. The molecule has 1 saturated carbocycles. The predicted molar refractivity (Wildman–Crippen MR) is 73.6 cm³/mol. The van der Waals surface area contributed by atoms with Crippen LogP contribution < -0.4 is 5.32 Å². The molecular weight excluding hydrogens is 280 g/mol. The average Bonchev–Trinajstić information content (AvgIpc) is 2.76. The van der Waals surface area contributed by atoms with Gasteiger partial charge in [0.25, 0.3) is 5.91 Å². The second-order valence-corrected chi connectivity index (χ2v) is 5.75. The summed E-state index contributed by atoms with van der Waals surface area (Å²) in [4.78, 5) is 12.1. The topological polar surface area (TPSA) is 56.1 Å². The molecule has 0 radical (unpaired) electrons. The Morgan fingerprint density at radius 3 is 2.86 bits per heavy atom. The fourth-order valence-electron chi connectivity index (χ4n) is 2.51. The third kappa shape index (κ3) is 3.78. The lowest BCUT2D eigenvalue weighted by atomic mass is 9.81. The van der Waals surface area contributed by atoms with Crippen LogP contribution in [0.25, 0.3) is 0 Å².